The van der Waals surface area contributed by atoms with Crippen molar-refractivity contribution >= 4 is 0 Å². The Morgan fingerprint density at radius 3 is 2.31 bits per heavy atom. The van der Waals surface area contributed by atoms with Crippen LogP contribution in [0.1, 0.15) is 113 Å². The van der Waals surface area contributed by atoms with E-state index in [0.717, 1.165) is 19.3 Å². The van der Waals surface area contributed by atoms with E-state index in [-0.39, 0.29) is 33.9 Å². The third kappa shape index (κ3) is 3.33. The topological polar surface area (TPSA) is 40.5 Å². The van der Waals surface area contributed by atoms with Crippen LogP contribution in [0.5, 0.6) is 0 Å². The molecule has 2 fully saturated rings. The maximum Gasteiger partial charge on any atom is 0.0603 e. The maximum absolute atomic E-state index is 11.0. The summed E-state index contributed by atoms with van der Waals surface area (Å²) >= 11 is 0. The van der Waals surface area contributed by atoms with E-state index in [0.29, 0.717) is 17.8 Å². The van der Waals surface area contributed by atoms with Gasteiger partial charge in [0.05, 0.1) is 12.2 Å². The Kier molecular flexibility index (Phi) is 6.11. The number of hydrogen-bond donors (Lipinski definition) is 2. The summed E-state index contributed by atoms with van der Waals surface area (Å²) in [6, 6.07) is 0. The molecule has 182 valence electrons. The van der Waals surface area contributed by atoms with Crippen LogP contribution in [0.4, 0.5) is 0 Å². The average Bonchev–Trinajstić information content (AvgIpc) is 3.00. The number of aliphatic hydroxyl groups is 2. The van der Waals surface area contributed by atoms with Gasteiger partial charge in [0.2, 0.25) is 0 Å². The van der Waals surface area contributed by atoms with Gasteiger partial charge in [-0.25, -0.2) is 0 Å². The Bertz CT molecular complexity index is 802. The number of allylic oxidation sites excluding steroid dienone is 3. The molecule has 0 heterocycles. The highest BCUT2D eigenvalue weighted by Crippen LogP contribution is 2.72. The molecule has 32 heavy (non-hydrogen) atoms. The van der Waals surface area contributed by atoms with Gasteiger partial charge in [0, 0.05) is 0 Å². The molecule has 0 radical (unpaired) electrons. The minimum absolute atomic E-state index is 0.00888. The van der Waals surface area contributed by atoms with Crippen LogP contribution in [0.3, 0.4) is 0 Å². The number of aliphatic hydroxyl groups excluding tert-OH is 2. The molecule has 2 N–H and O–H groups in total. The molecule has 0 aromatic rings. The van der Waals surface area contributed by atoms with Gasteiger partial charge in [-0.2, -0.15) is 0 Å². The van der Waals surface area contributed by atoms with E-state index < -0.39 is 0 Å². The maximum atomic E-state index is 11.0. The zero-order valence-electron chi connectivity index (χ0n) is 22.2. The molecular formula is C30H50O2. The van der Waals surface area contributed by atoms with Crippen molar-refractivity contribution in [2.75, 3.05) is 0 Å². The molecule has 4 aliphatic rings. The fourth-order valence-corrected chi connectivity index (χ4v) is 9.40. The molecule has 1 unspecified atom stereocenters. The van der Waals surface area contributed by atoms with Gasteiger partial charge in [-0.15, -0.1) is 0 Å². The van der Waals surface area contributed by atoms with Crippen molar-refractivity contribution in [3.05, 3.63) is 22.8 Å². The van der Waals surface area contributed by atoms with Crippen LogP contribution in [0.25, 0.3) is 0 Å². The predicted molar refractivity (Wildman–Crippen MR) is 134 cm³/mol. The van der Waals surface area contributed by atoms with Gasteiger partial charge < -0.3 is 10.2 Å². The highest BCUT2D eigenvalue weighted by Gasteiger charge is 2.63. The summed E-state index contributed by atoms with van der Waals surface area (Å²) in [5, 5.41) is 21.9. The van der Waals surface area contributed by atoms with E-state index in [1.165, 1.54) is 44.1 Å². The van der Waals surface area contributed by atoms with E-state index in [2.05, 4.69) is 61.5 Å². The first-order valence-electron chi connectivity index (χ1n) is 13.5. The van der Waals surface area contributed by atoms with Gasteiger partial charge >= 0.3 is 0 Å². The van der Waals surface area contributed by atoms with Crippen molar-refractivity contribution in [3.8, 4) is 0 Å². The molecular weight excluding hydrogens is 392 g/mol. The molecule has 4 aliphatic carbocycles. The monoisotopic (exact) mass is 442 g/mol. The molecule has 2 heteroatoms. The lowest BCUT2D eigenvalue weighted by Gasteiger charge is -2.62. The largest absolute Gasteiger partial charge is 0.393 e. The number of hydrogen-bond acceptors (Lipinski definition) is 2. The normalized spacial score (nSPS) is 44.9. The molecule has 0 aromatic heterocycles. The number of fused-ring (bicyclic) bond motifs is 4. The van der Waals surface area contributed by atoms with Crippen molar-refractivity contribution in [2.24, 2.45) is 39.4 Å². The van der Waals surface area contributed by atoms with Gasteiger partial charge in [-0.05, 0) is 111 Å². The standard InChI is InChI=1S/C30H50O2/c1-19(2)9-11-24(31)20(3)21-13-17-30(8)23-10-12-25-27(4,5)26(32)15-16-28(25,6)22(23)14-18-29(21,30)7/h9,20-21,24-26,31-32H,10-18H2,1-8H3/t20-,21+,24+,25?,26-,28+,29+,30-/m0/s1. The minimum Gasteiger partial charge on any atom is -0.393 e. The second-order valence-corrected chi connectivity index (χ2v) is 13.7. The quantitative estimate of drug-likeness (QED) is 0.444. The molecule has 2 nitrogen and oxygen atoms in total. The van der Waals surface area contributed by atoms with E-state index in [1.54, 1.807) is 11.1 Å². The van der Waals surface area contributed by atoms with Crippen molar-refractivity contribution in [2.45, 2.75) is 125 Å². The summed E-state index contributed by atoms with van der Waals surface area (Å²) in [6.45, 7) is 18.9. The van der Waals surface area contributed by atoms with Crippen LogP contribution in [-0.2, 0) is 0 Å². The van der Waals surface area contributed by atoms with Crippen LogP contribution in [0, 0.1) is 39.4 Å². The summed E-state index contributed by atoms with van der Waals surface area (Å²) in [5.74, 6) is 1.53. The lowest BCUT2D eigenvalue weighted by atomic mass is 9.43. The van der Waals surface area contributed by atoms with Gasteiger partial charge in [0.15, 0.2) is 0 Å². The number of rotatable bonds is 4. The second kappa shape index (κ2) is 7.98. The van der Waals surface area contributed by atoms with E-state index in [4.69, 9.17) is 0 Å². The molecule has 0 amide bonds. The van der Waals surface area contributed by atoms with Crippen LogP contribution >= 0.6 is 0 Å². The third-order valence-corrected chi connectivity index (χ3v) is 11.8. The SMILES string of the molecule is CC(C)=CC[C@@H](O)[C@@H](C)[C@H]1CC[C@@]2(C)C3=C(CC[C@]12C)[C@@]1(C)CC[C@H](O)C(C)(C)C1CC3. The Labute approximate surface area is 198 Å². The minimum atomic E-state index is -0.238. The molecule has 0 saturated heterocycles. The van der Waals surface area contributed by atoms with Crippen LogP contribution < -0.4 is 0 Å². The molecule has 8 atom stereocenters. The van der Waals surface area contributed by atoms with Gasteiger partial charge in [-0.1, -0.05) is 64.3 Å². The van der Waals surface area contributed by atoms with E-state index in [1.807, 2.05) is 0 Å². The first kappa shape index (κ1) is 24.5. The first-order chi connectivity index (χ1) is 14.8. The van der Waals surface area contributed by atoms with Crippen LogP contribution in [0.15, 0.2) is 22.8 Å². The molecule has 0 aliphatic heterocycles. The van der Waals surface area contributed by atoms with Crippen molar-refractivity contribution in [1.29, 1.82) is 0 Å². The van der Waals surface area contributed by atoms with Gasteiger partial charge in [0.1, 0.15) is 0 Å². The zero-order chi connectivity index (χ0) is 23.7. The Balaban J connectivity index is 1.67. The second-order valence-electron chi connectivity index (χ2n) is 13.7. The lowest BCUT2D eigenvalue weighted by Crippen LogP contribution is -2.55. The highest BCUT2D eigenvalue weighted by atomic mass is 16.3. The van der Waals surface area contributed by atoms with Crippen LogP contribution in [0.2, 0.25) is 0 Å². The van der Waals surface area contributed by atoms with Crippen molar-refractivity contribution in [3.63, 3.8) is 0 Å². The zero-order valence-corrected chi connectivity index (χ0v) is 22.2. The molecule has 2 saturated carbocycles. The summed E-state index contributed by atoms with van der Waals surface area (Å²) in [4.78, 5) is 0. The predicted octanol–water partition coefficient (Wildman–Crippen LogP) is 7.45. The first-order valence-corrected chi connectivity index (χ1v) is 13.5. The van der Waals surface area contributed by atoms with Gasteiger partial charge in [0.25, 0.3) is 0 Å². The fraction of sp³-hybridized carbons (Fsp3) is 0.867. The summed E-state index contributed by atoms with van der Waals surface area (Å²) in [7, 11) is 0. The summed E-state index contributed by atoms with van der Waals surface area (Å²) in [5.41, 5.74) is 5.70. The third-order valence-electron chi connectivity index (χ3n) is 11.8. The highest BCUT2D eigenvalue weighted by molar-refractivity contribution is 5.38. The molecule has 4 rings (SSSR count). The smallest absolute Gasteiger partial charge is 0.0603 e. The fourth-order valence-electron chi connectivity index (χ4n) is 9.40. The lowest BCUT2D eigenvalue weighted by molar-refractivity contribution is -0.0969. The Morgan fingerprint density at radius 1 is 0.969 bits per heavy atom. The molecule has 0 aromatic carbocycles. The average molecular weight is 443 g/mol. The Morgan fingerprint density at radius 2 is 1.66 bits per heavy atom. The van der Waals surface area contributed by atoms with Gasteiger partial charge in [-0.3, -0.25) is 0 Å². The van der Waals surface area contributed by atoms with E-state index >= 15 is 0 Å². The van der Waals surface area contributed by atoms with Crippen molar-refractivity contribution < 1.29 is 10.2 Å². The Hall–Kier alpha value is -0.600. The molecule has 0 bridgehead atoms. The summed E-state index contributed by atoms with van der Waals surface area (Å²) < 4.78 is 0. The van der Waals surface area contributed by atoms with Crippen molar-refractivity contribution in [1.82, 2.24) is 0 Å². The summed E-state index contributed by atoms with van der Waals surface area (Å²) in [6.07, 6.45) is 12.2. The molecule has 0 spiro atoms. The van der Waals surface area contributed by atoms with Crippen LogP contribution in [-0.4, -0.2) is 22.4 Å². The van der Waals surface area contributed by atoms with E-state index in [9.17, 15) is 10.2 Å².